The van der Waals surface area contributed by atoms with Gasteiger partial charge in [0.2, 0.25) is 5.89 Å². The number of hydrogen-bond donors (Lipinski definition) is 2. The van der Waals surface area contributed by atoms with Crippen LogP contribution in [0.2, 0.25) is 19.6 Å². The van der Waals surface area contributed by atoms with Crippen LogP contribution in [0.4, 0.5) is 21.4 Å². The van der Waals surface area contributed by atoms with Gasteiger partial charge < -0.3 is 19.4 Å². The highest BCUT2D eigenvalue weighted by Gasteiger charge is 2.21. The fourth-order valence-corrected chi connectivity index (χ4v) is 4.56. The first-order valence-corrected chi connectivity index (χ1v) is 14.7. The van der Waals surface area contributed by atoms with Crippen LogP contribution in [0.15, 0.2) is 35.1 Å². The molecule has 4 rings (SSSR count). The van der Waals surface area contributed by atoms with Crippen molar-refractivity contribution in [3.8, 4) is 0 Å². The molecule has 1 saturated heterocycles. The van der Waals surface area contributed by atoms with Crippen LogP contribution in [-0.2, 0) is 4.74 Å². The molecule has 32 heavy (non-hydrogen) atoms. The summed E-state index contributed by atoms with van der Waals surface area (Å²) in [6, 6.07) is 3.35. The van der Waals surface area contributed by atoms with E-state index in [2.05, 4.69) is 50.1 Å². The highest BCUT2D eigenvalue weighted by Crippen LogP contribution is 2.21. The largest absolute Gasteiger partial charge is 0.447 e. The highest BCUT2D eigenvalue weighted by molar-refractivity contribution is 7.16. The number of thiazole rings is 1. The fraction of sp³-hybridized carbons (Fsp3) is 0.333. The van der Waals surface area contributed by atoms with Crippen LogP contribution in [0.1, 0.15) is 10.8 Å². The van der Waals surface area contributed by atoms with Crippen molar-refractivity contribution in [2.24, 2.45) is 0 Å². The molecule has 0 atom stereocenters. The van der Waals surface area contributed by atoms with Gasteiger partial charge in [-0.2, -0.15) is 0 Å². The zero-order valence-electron chi connectivity index (χ0n) is 18.3. The Hall–Kier alpha value is -3.02. The number of ether oxygens (including phenoxy) is 1. The van der Waals surface area contributed by atoms with Crippen molar-refractivity contribution < 1.29 is 13.9 Å². The first-order chi connectivity index (χ1) is 15.4. The molecular weight excluding hydrogens is 444 g/mol. The van der Waals surface area contributed by atoms with Gasteiger partial charge in [-0.05, 0) is 18.2 Å². The molecule has 1 aliphatic rings. The van der Waals surface area contributed by atoms with Gasteiger partial charge >= 0.3 is 6.03 Å². The monoisotopic (exact) mass is 470 g/mol. The molecule has 0 aliphatic carbocycles. The minimum Gasteiger partial charge on any atom is -0.447 e. The van der Waals surface area contributed by atoms with E-state index < -0.39 is 8.07 Å². The average molecular weight is 471 g/mol. The molecule has 168 valence electrons. The van der Waals surface area contributed by atoms with Gasteiger partial charge in [0.1, 0.15) is 19.3 Å². The number of anilines is 3. The Labute approximate surface area is 191 Å². The lowest BCUT2D eigenvalue weighted by molar-refractivity contribution is 0.122. The van der Waals surface area contributed by atoms with Crippen molar-refractivity contribution >= 4 is 59.6 Å². The second-order valence-electron chi connectivity index (χ2n) is 8.30. The van der Waals surface area contributed by atoms with Crippen LogP contribution < -0.4 is 20.9 Å². The summed E-state index contributed by atoms with van der Waals surface area (Å²) in [4.78, 5) is 28.3. The summed E-state index contributed by atoms with van der Waals surface area (Å²) in [5, 5.41) is 6.98. The highest BCUT2D eigenvalue weighted by atomic mass is 32.1. The molecule has 2 N–H and O–H groups in total. The molecule has 0 unspecified atom stereocenters. The van der Waals surface area contributed by atoms with Gasteiger partial charge in [-0.3, -0.25) is 5.32 Å². The van der Waals surface area contributed by atoms with Crippen molar-refractivity contribution in [1.82, 2.24) is 15.0 Å². The Balaban J connectivity index is 1.30. The smallest absolute Gasteiger partial charge is 0.325 e. The number of morpholine rings is 1. The predicted octanol–water partition coefficient (Wildman–Crippen LogP) is 3.72. The maximum Gasteiger partial charge on any atom is 0.325 e. The molecule has 0 spiro atoms. The summed E-state index contributed by atoms with van der Waals surface area (Å²) >= 11 is 1.36. The van der Waals surface area contributed by atoms with E-state index in [0.717, 1.165) is 29.2 Å². The maximum absolute atomic E-state index is 12.3. The number of amides is 2. The Bertz CT molecular complexity index is 1080. The first kappa shape index (κ1) is 22.2. The quantitative estimate of drug-likeness (QED) is 0.529. The van der Waals surface area contributed by atoms with Crippen LogP contribution >= 0.6 is 11.3 Å². The van der Waals surface area contributed by atoms with Gasteiger partial charge in [-0.25, -0.2) is 19.7 Å². The Morgan fingerprint density at radius 3 is 2.56 bits per heavy atom. The third-order valence-corrected chi connectivity index (χ3v) is 7.33. The third-order valence-electron chi connectivity index (χ3n) is 4.74. The van der Waals surface area contributed by atoms with Crippen molar-refractivity contribution in [2.45, 2.75) is 19.6 Å². The number of pyridine rings is 1. The minimum atomic E-state index is -1.52. The molecule has 1 fully saturated rings. The Kier molecular flexibility index (Phi) is 6.68. The number of rotatable bonds is 6. The van der Waals surface area contributed by atoms with Gasteiger partial charge in [0.05, 0.1) is 31.3 Å². The van der Waals surface area contributed by atoms with Crippen LogP contribution in [0, 0.1) is 0 Å². The van der Waals surface area contributed by atoms with Crippen LogP contribution in [0.3, 0.4) is 0 Å². The van der Waals surface area contributed by atoms with Gasteiger partial charge in [-0.15, -0.1) is 0 Å². The summed E-state index contributed by atoms with van der Waals surface area (Å²) in [5.41, 5.74) is 0.610. The SMILES string of the molecule is C[Si](C)(C)c1cnc(/C=C/c2cnc(NC(=O)Nc3ccc(N4CCOCC4)nc3)s2)o1. The summed E-state index contributed by atoms with van der Waals surface area (Å²) in [6.07, 6.45) is 8.82. The number of hydrogen-bond acceptors (Lipinski definition) is 8. The second kappa shape index (κ2) is 9.63. The van der Waals surface area contributed by atoms with E-state index in [1.54, 1.807) is 18.6 Å². The number of nitrogens with zero attached hydrogens (tertiary/aromatic N) is 4. The first-order valence-electron chi connectivity index (χ1n) is 10.3. The normalized spacial score (nSPS) is 14.7. The van der Waals surface area contributed by atoms with Gasteiger partial charge in [-0.1, -0.05) is 31.0 Å². The van der Waals surface area contributed by atoms with Gasteiger partial charge in [0.15, 0.2) is 5.13 Å². The van der Waals surface area contributed by atoms with Crippen molar-refractivity contribution in [3.63, 3.8) is 0 Å². The number of aromatic nitrogens is 3. The van der Waals surface area contributed by atoms with Crippen molar-refractivity contribution in [1.29, 1.82) is 0 Å². The molecule has 1 aliphatic heterocycles. The van der Waals surface area contributed by atoms with E-state index in [4.69, 9.17) is 9.15 Å². The summed E-state index contributed by atoms with van der Waals surface area (Å²) in [5.74, 6) is 1.44. The van der Waals surface area contributed by atoms with E-state index in [0.29, 0.717) is 29.9 Å². The van der Waals surface area contributed by atoms with Crippen LogP contribution in [0.25, 0.3) is 12.2 Å². The molecule has 0 bridgehead atoms. The van der Waals surface area contributed by atoms with Gasteiger partial charge in [0.25, 0.3) is 0 Å². The summed E-state index contributed by atoms with van der Waals surface area (Å²) < 4.78 is 11.2. The number of oxazole rings is 1. The van der Waals surface area contributed by atoms with Crippen molar-refractivity contribution in [3.05, 3.63) is 41.5 Å². The Morgan fingerprint density at radius 1 is 1.06 bits per heavy atom. The number of urea groups is 1. The van der Waals surface area contributed by atoms with E-state index >= 15 is 0 Å². The lowest BCUT2D eigenvalue weighted by atomic mass is 10.3. The fourth-order valence-electron chi connectivity index (χ4n) is 2.99. The molecule has 0 radical (unpaired) electrons. The molecule has 4 heterocycles. The maximum atomic E-state index is 12.3. The Morgan fingerprint density at radius 2 is 1.88 bits per heavy atom. The molecule has 11 heteroatoms. The number of nitrogens with one attached hydrogen (secondary N) is 2. The van der Waals surface area contributed by atoms with Crippen molar-refractivity contribution in [2.75, 3.05) is 41.8 Å². The van der Waals surface area contributed by atoms with E-state index in [-0.39, 0.29) is 6.03 Å². The molecule has 9 nitrogen and oxygen atoms in total. The third kappa shape index (κ3) is 5.81. The summed E-state index contributed by atoms with van der Waals surface area (Å²) in [6.45, 7) is 9.66. The second-order valence-corrected chi connectivity index (χ2v) is 14.4. The lowest BCUT2D eigenvalue weighted by Crippen LogP contribution is -2.36. The van der Waals surface area contributed by atoms with Crippen LogP contribution in [0.5, 0.6) is 0 Å². The van der Waals surface area contributed by atoms with Crippen LogP contribution in [-0.4, -0.2) is 55.4 Å². The molecule has 2 amide bonds. The molecule has 3 aromatic heterocycles. The van der Waals surface area contributed by atoms with E-state index in [1.165, 1.54) is 11.3 Å². The molecular formula is C21H26N6O3SSi. The van der Waals surface area contributed by atoms with E-state index in [1.807, 2.05) is 24.3 Å². The summed E-state index contributed by atoms with van der Waals surface area (Å²) in [7, 11) is -1.52. The predicted molar refractivity (Wildman–Crippen MR) is 130 cm³/mol. The lowest BCUT2D eigenvalue weighted by Gasteiger charge is -2.27. The average Bonchev–Trinajstić information content (AvgIpc) is 3.43. The standard InChI is InChI=1S/C21H26N6O3SSi/c1-32(2,3)19-14-23-18(30-19)7-5-16-13-24-21(31-16)26-20(28)25-15-4-6-17(22-12-15)27-8-10-29-11-9-27/h4-7,12-14H,8-11H2,1-3H3,(H2,24,25,26,28)/b7-5+. The topological polar surface area (TPSA) is 105 Å². The molecule has 3 aromatic rings. The van der Waals surface area contributed by atoms with Gasteiger partial charge in [0, 0.05) is 30.2 Å². The van der Waals surface area contributed by atoms with E-state index in [9.17, 15) is 4.79 Å². The number of carbonyl (C=O) groups excluding carboxylic acids is 1. The minimum absolute atomic E-state index is 0.372. The number of carbonyl (C=O) groups is 1. The zero-order chi connectivity index (χ0) is 22.6. The molecule has 0 aromatic carbocycles. The molecule has 0 saturated carbocycles. The zero-order valence-corrected chi connectivity index (χ0v) is 20.1.